The van der Waals surface area contributed by atoms with Gasteiger partial charge in [0.15, 0.2) is 0 Å². The summed E-state index contributed by atoms with van der Waals surface area (Å²) in [6.45, 7) is 7.78. The van der Waals surface area contributed by atoms with E-state index in [0.29, 0.717) is 18.2 Å². The van der Waals surface area contributed by atoms with Crippen LogP contribution in [0.4, 0.5) is 0 Å². The Morgan fingerprint density at radius 1 is 1.10 bits per heavy atom. The number of hydrogen-bond acceptors (Lipinski definition) is 4. The van der Waals surface area contributed by atoms with Gasteiger partial charge in [0.05, 0.1) is 12.2 Å². The topological polar surface area (TPSA) is 58.7 Å². The van der Waals surface area contributed by atoms with E-state index < -0.39 is 0 Å². The molecular weight excluding hydrogens is 419 g/mol. The lowest BCUT2D eigenvalue weighted by atomic mass is 9.83. The summed E-state index contributed by atoms with van der Waals surface area (Å²) in [7, 11) is 0. The third-order valence-electron chi connectivity index (χ3n) is 6.47. The zero-order valence-corrected chi connectivity index (χ0v) is 19.5. The average Bonchev–Trinajstić information content (AvgIpc) is 2.71. The number of ether oxygens (including phenoxy) is 1. The molecule has 0 saturated carbocycles. The third-order valence-corrected chi connectivity index (χ3v) is 6.47. The van der Waals surface area contributed by atoms with E-state index in [1.807, 2.05) is 13.0 Å². The molecule has 0 bridgehead atoms. The van der Waals surface area contributed by atoms with Gasteiger partial charge in [-0.05, 0) is 62.4 Å². The Balaban J connectivity index is 0.00000160. The highest BCUT2D eigenvalue weighted by atomic mass is 35.5. The smallest absolute Gasteiger partial charge is 0.122 e. The Labute approximate surface area is 192 Å². The molecule has 1 saturated heterocycles. The number of aryl methyl sites for hydroxylation is 2. The number of benzene rings is 2. The quantitative estimate of drug-likeness (QED) is 0.704. The van der Waals surface area contributed by atoms with Crippen molar-refractivity contribution in [1.82, 2.24) is 4.90 Å². The predicted molar refractivity (Wildman–Crippen MR) is 127 cm³/mol. The molecule has 0 spiro atoms. The monoisotopic (exact) mass is 452 g/mol. The van der Waals surface area contributed by atoms with E-state index in [9.17, 15) is 5.11 Å². The molecule has 4 nitrogen and oxygen atoms in total. The van der Waals surface area contributed by atoms with Gasteiger partial charge in [-0.25, -0.2) is 0 Å². The largest absolute Gasteiger partial charge is 0.507 e. The third kappa shape index (κ3) is 5.30. The van der Waals surface area contributed by atoms with E-state index in [-0.39, 0.29) is 37.0 Å². The van der Waals surface area contributed by atoms with E-state index >= 15 is 0 Å². The summed E-state index contributed by atoms with van der Waals surface area (Å²) < 4.78 is 6.41. The molecule has 2 aliphatic heterocycles. The first kappa shape index (κ1) is 25.0. The molecule has 2 atom stereocenters. The van der Waals surface area contributed by atoms with Gasteiger partial charge >= 0.3 is 0 Å². The van der Waals surface area contributed by atoms with Crippen LogP contribution in [0.1, 0.15) is 46.8 Å². The van der Waals surface area contributed by atoms with Gasteiger partial charge in [0.1, 0.15) is 5.75 Å². The summed E-state index contributed by atoms with van der Waals surface area (Å²) in [5.41, 5.74) is 11.8. The number of phenols is 1. The fraction of sp³-hybridized carbons (Fsp3) is 0.500. The average molecular weight is 453 g/mol. The maximum absolute atomic E-state index is 10.6. The van der Waals surface area contributed by atoms with E-state index in [4.69, 9.17) is 10.5 Å². The van der Waals surface area contributed by atoms with Crippen molar-refractivity contribution in [3.8, 4) is 5.75 Å². The van der Waals surface area contributed by atoms with E-state index in [0.717, 1.165) is 55.6 Å². The molecule has 6 heteroatoms. The molecule has 4 rings (SSSR count). The fourth-order valence-corrected chi connectivity index (χ4v) is 4.83. The molecule has 2 aliphatic rings. The van der Waals surface area contributed by atoms with Crippen LogP contribution in [0.3, 0.4) is 0 Å². The standard InChI is InChI=1S/C24H32N2O2.2ClH/c1-16-4-3-5-18(12-16)15-26-10-8-19(9-11-26)22-13-21-20(23(14-25)28-22)7-6-17(2)24(21)27;;/h3-7,12,19,22-23,27H,8-11,13-15,25H2,1-2H3;2*1H/t22-,23-;;/m0../s1. The SMILES string of the molecule is Cc1cccc(CN2CCC([C@@H]3Cc4c(ccc(C)c4O)[C@H](CN)O3)CC2)c1.Cl.Cl. The number of halogens is 2. The van der Waals surface area contributed by atoms with Gasteiger partial charge in [0.25, 0.3) is 0 Å². The number of fused-ring (bicyclic) bond motifs is 1. The number of piperidine rings is 1. The lowest BCUT2D eigenvalue weighted by Gasteiger charge is -2.40. The van der Waals surface area contributed by atoms with Crippen molar-refractivity contribution in [1.29, 1.82) is 0 Å². The summed E-state index contributed by atoms with van der Waals surface area (Å²) in [6, 6.07) is 12.8. The molecule has 1 fully saturated rings. The van der Waals surface area contributed by atoms with Gasteiger partial charge in [-0.1, -0.05) is 42.0 Å². The number of nitrogens with two attached hydrogens (primary N) is 1. The van der Waals surface area contributed by atoms with Gasteiger partial charge in [-0.2, -0.15) is 0 Å². The minimum Gasteiger partial charge on any atom is -0.507 e. The van der Waals surface area contributed by atoms with Gasteiger partial charge in [0, 0.05) is 25.1 Å². The van der Waals surface area contributed by atoms with Crippen LogP contribution in [-0.2, 0) is 17.7 Å². The molecule has 166 valence electrons. The van der Waals surface area contributed by atoms with Gasteiger partial charge in [-0.15, -0.1) is 24.8 Å². The van der Waals surface area contributed by atoms with Crippen LogP contribution in [0.2, 0.25) is 0 Å². The lowest BCUT2D eigenvalue weighted by molar-refractivity contribution is -0.0651. The summed E-state index contributed by atoms with van der Waals surface area (Å²) in [4.78, 5) is 2.55. The van der Waals surface area contributed by atoms with Crippen LogP contribution >= 0.6 is 24.8 Å². The molecule has 2 heterocycles. The Morgan fingerprint density at radius 3 is 2.50 bits per heavy atom. The van der Waals surface area contributed by atoms with Crippen molar-refractivity contribution in [2.45, 2.75) is 51.9 Å². The van der Waals surface area contributed by atoms with Gasteiger partial charge in [-0.3, -0.25) is 4.90 Å². The second-order valence-electron chi connectivity index (χ2n) is 8.50. The van der Waals surface area contributed by atoms with Gasteiger partial charge < -0.3 is 15.6 Å². The maximum Gasteiger partial charge on any atom is 0.122 e. The number of rotatable bonds is 4. The van der Waals surface area contributed by atoms with Crippen molar-refractivity contribution >= 4 is 24.8 Å². The number of phenolic OH excluding ortho intramolecular Hbond substituents is 1. The molecule has 30 heavy (non-hydrogen) atoms. The molecule has 0 radical (unpaired) electrons. The molecule has 2 aromatic rings. The summed E-state index contributed by atoms with van der Waals surface area (Å²) in [6.07, 6.45) is 3.10. The minimum atomic E-state index is -0.106. The van der Waals surface area contributed by atoms with Crippen LogP contribution in [0.25, 0.3) is 0 Å². The van der Waals surface area contributed by atoms with Crippen molar-refractivity contribution in [3.05, 3.63) is 64.2 Å². The van der Waals surface area contributed by atoms with Crippen LogP contribution in [0.5, 0.6) is 5.75 Å². The van der Waals surface area contributed by atoms with E-state index in [1.165, 1.54) is 11.1 Å². The number of aromatic hydroxyl groups is 1. The minimum absolute atomic E-state index is 0. The van der Waals surface area contributed by atoms with Crippen LogP contribution < -0.4 is 5.73 Å². The number of hydrogen-bond donors (Lipinski definition) is 2. The maximum atomic E-state index is 10.6. The molecule has 3 N–H and O–H groups in total. The zero-order chi connectivity index (χ0) is 19.7. The highest BCUT2D eigenvalue weighted by Crippen LogP contribution is 2.40. The van der Waals surface area contributed by atoms with Gasteiger partial charge in [0.2, 0.25) is 0 Å². The molecule has 0 aromatic heterocycles. The van der Waals surface area contributed by atoms with Crippen molar-refractivity contribution in [3.63, 3.8) is 0 Å². The number of likely N-dealkylation sites (tertiary alicyclic amines) is 1. The molecule has 0 aliphatic carbocycles. The summed E-state index contributed by atoms with van der Waals surface area (Å²) in [5, 5.41) is 10.6. The van der Waals surface area contributed by atoms with Crippen LogP contribution in [0.15, 0.2) is 36.4 Å². The molecular formula is C24H34Cl2N2O2. The van der Waals surface area contributed by atoms with E-state index in [2.05, 4.69) is 42.2 Å². The van der Waals surface area contributed by atoms with Crippen molar-refractivity contribution < 1.29 is 9.84 Å². The molecule has 0 unspecified atom stereocenters. The van der Waals surface area contributed by atoms with Crippen molar-refractivity contribution in [2.75, 3.05) is 19.6 Å². The van der Waals surface area contributed by atoms with E-state index in [1.54, 1.807) is 0 Å². The van der Waals surface area contributed by atoms with Crippen LogP contribution in [-0.4, -0.2) is 35.7 Å². The fourth-order valence-electron chi connectivity index (χ4n) is 4.83. The highest BCUT2D eigenvalue weighted by molar-refractivity contribution is 5.85. The summed E-state index contributed by atoms with van der Waals surface area (Å²) in [5.74, 6) is 0.956. The Kier molecular flexibility index (Phi) is 9.01. The first-order chi connectivity index (χ1) is 13.5. The Bertz CT molecular complexity index is 838. The second kappa shape index (κ2) is 10.8. The Morgan fingerprint density at radius 2 is 1.83 bits per heavy atom. The zero-order valence-electron chi connectivity index (χ0n) is 17.8. The predicted octanol–water partition coefficient (Wildman–Crippen LogP) is 4.71. The normalized spacial score (nSPS) is 22.0. The highest BCUT2D eigenvalue weighted by Gasteiger charge is 2.35. The summed E-state index contributed by atoms with van der Waals surface area (Å²) >= 11 is 0. The Hall–Kier alpha value is -1.30. The first-order valence-corrected chi connectivity index (χ1v) is 10.5. The lowest BCUT2D eigenvalue weighted by Crippen LogP contribution is -2.41. The first-order valence-electron chi connectivity index (χ1n) is 10.5. The van der Waals surface area contributed by atoms with Crippen LogP contribution in [0, 0.1) is 19.8 Å². The second-order valence-corrected chi connectivity index (χ2v) is 8.50. The molecule has 2 aromatic carbocycles. The number of nitrogens with zero attached hydrogens (tertiary/aromatic N) is 1. The van der Waals surface area contributed by atoms with Crippen molar-refractivity contribution in [2.24, 2.45) is 11.7 Å². The molecule has 0 amide bonds.